The molecule has 0 N–H and O–H groups in total. The van der Waals surface area contributed by atoms with E-state index in [1.54, 1.807) is 10.9 Å². The summed E-state index contributed by atoms with van der Waals surface area (Å²) in [4.78, 5) is 4.67. The lowest BCUT2D eigenvalue weighted by molar-refractivity contribution is 0.483. The Morgan fingerprint density at radius 2 is 1.48 bits per heavy atom. The highest BCUT2D eigenvalue weighted by Gasteiger charge is 2.18. The summed E-state index contributed by atoms with van der Waals surface area (Å²) in [5.41, 5.74) is 7.95. The molecule has 0 aliphatic heterocycles. The van der Waals surface area contributed by atoms with Crippen LogP contribution in [0.2, 0.25) is 0 Å². The van der Waals surface area contributed by atoms with Crippen molar-refractivity contribution in [2.45, 2.75) is 20.8 Å². The zero-order valence-electron chi connectivity index (χ0n) is 24.4. The zero-order valence-corrected chi connectivity index (χ0v) is 24.4. The van der Waals surface area contributed by atoms with Crippen molar-refractivity contribution in [3.63, 3.8) is 0 Å². The third-order valence-electron chi connectivity index (χ3n) is 7.91. The first-order valence-electron chi connectivity index (χ1n) is 14.2. The molecule has 44 heavy (non-hydrogen) atoms. The molecule has 4 aromatic carbocycles. The summed E-state index contributed by atoms with van der Waals surface area (Å²) < 4.78 is 10.3. The Labute approximate surface area is 254 Å². The van der Waals surface area contributed by atoms with Crippen molar-refractivity contribution in [3.8, 4) is 46.3 Å². The number of aryl methyl sites for hydroxylation is 3. The predicted octanol–water partition coefficient (Wildman–Crippen LogP) is 8.49. The maximum absolute atomic E-state index is 9.86. The molecule has 7 rings (SSSR count). The van der Waals surface area contributed by atoms with Crippen LogP contribution in [0.4, 0.5) is 0 Å². The van der Waals surface area contributed by atoms with Gasteiger partial charge in [0.05, 0.1) is 34.0 Å². The minimum Gasteiger partial charge on any atom is -0.457 e. The molecule has 0 fully saturated rings. The van der Waals surface area contributed by atoms with Gasteiger partial charge in [0.1, 0.15) is 29.5 Å². The van der Waals surface area contributed by atoms with Crippen molar-refractivity contribution in [3.05, 3.63) is 131 Å². The second-order valence-electron chi connectivity index (χ2n) is 10.9. The largest absolute Gasteiger partial charge is 0.457 e. The second-order valence-corrected chi connectivity index (χ2v) is 10.9. The van der Waals surface area contributed by atoms with E-state index >= 15 is 0 Å². The Hall–Kier alpha value is -6.18. The van der Waals surface area contributed by atoms with Crippen LogP contribution in [0.3, 0.4) is 0 Å². The summed E-state index contributed by atoms with van der Waals surface area (Å²) in [7, 11) is 0. The van der Waals surface area contributed by atoms with Crippen LogP contribution in [-0.2, 0) is 0 Å². The highest BCUT2D eigenvalue weighted by molar-refractivity contribution is 6.09. The van der Waals surface area contributed by atoms with Crippen LogP contribution in [0.1, 0.15) is 27.8 Å². The molecule has 0 saturated heterocycles. The first-order valence-corrected chi connectivity index (χ1v) is 14.2. The van der Waals surface area contributed by atoms with E-state index in [0.717, 1.165) is 50.0 Å². The van der Waals surface area contributed by atoms with Gasteiger partial charge in [0.25, 0.3) is 0 Å². The molecule has 0 saturated carbocycles. The summed E-state index contributed by atoms with van der Waals surface area (Å²) in [6, 6.07) is 32.6. The van der Waals surface area contributed by atoms with E-state index < -0.39 is 0 Å². The van der Waals surface area contributed by atoms with Crippen molar-refractivity contribution in [2.75, 3.05) is 0 Å². The van der Waals surface area contributed by atoms with Crippen LogP contribution in [0.5, 0.6) is 11.5 Å². The summed E-state index contributed by atoms with van der Waals surface area (Å²) in [5, 5.41) is 26.6. The van der Waals surface area contributed by atoms with E-state index in [1.807, 2.05) is 80.8 Å². The predicted molar refractivity (Wildman–Crippen MR) is 171 cm³/mol. The van der Waals surface area contributed by atoms with Gasteiger partial charge < -0.3 is 4.74 Å². The lowest BCUT2D eigenvalue weighted by Crippen LogP contribution is -1.98. The molecular weight excluding hydrogens is 544 g/mol. The lowest BCUT2D eigenvalue weighted by atomic mass is 9.90. The molecule has 3 heterocycles. The number of hydrogen-bond donors (Lipinski definition) is 0. The number of fused-ring (bicyclic) bond motifs is 3. The van der Waals surface area contributed by atoms with E-state index in [9.17, 15) is 10.5 Å². The molecule has 0 radical (unpaired) electrons. The first kappa shape index (κ1) is 26.7. The van der Waals surface area contributed by atoms with Gasteiger partial charge in [0.2, 0.25) is 0 Å². The van der Waals surface area contributed by atoms with E-state index in [-0.39, 0.29) is 0 Å². The van der Waals surface area contributed by atoms with Crippen molar-refractivity contribution in [1.82, 2.24) is 19.3 Å². The normalized spacial score (nSPS) is 11.0. The van der Waals surface area contributed by atoms with E-state index in [1.165, 1.54) is 0 Å². The minimum absolute atomic E-state index is 0.484. The Morgan fingerprint density at radius 1 is 0.727 bits per heavy atom. The molecule has 0 unspecified atom stereocenters. The summed E-state index contributed by atoms with van der Waals surface area (Å²) >= 11 is 0. The van der Waals surface area contributed by atoms with Gasteiger partial charge in [-0.05, 0) is 79.9 Å². The number of nitriles is 2. The highest BCUT2D eigenvalue weighted by Crippen LogP contribution is 2.36. The van der Waals surface area contributed by atoms with Crippen LogP contribution >= 0.6 is 0 Å². The molecule has 210 valence electrons. The Morgan fingerprint density at radius 3 is 2.25 bits per heavy atom. The van der Waals surface area contributed by atoms with Crippen molar-refractivity contribution < 1.29 is 4.74 Å². The summed E-state index contributed by atoms with van der Waals surface area (Å²) in [6.07, 6.45) is 5.37. The van der Waals surface area contributed by atoms with Gasteiger partial charge in [-0.1, -0.05) is 30.3 Å². The number of hydrogen-bond acceptors (Lipinski definition) is 5. The molecule has 0 bridgehead atoms. The Kier molecular flexibility index (Phi) is 6.42. The van der Waals surface area contributed by atoms with E-state index in [4.69, 9.17) is 4.74 Å². The van der Waals surface area contributed by atoms with Gasteiger partial charge in [0.15, 0.2) is 0 Å². The fourth-order valence-corrected chi connectivity index (χ4v) is 5.89. The van der Waals surface area contributed by atoms with Gasteiger partial charge in [-0.15, -0.1) is 0 Å². The zero-order chi connectivity index (χ0) is 30.4. The van der Waals surface area contributed by atoms with Crippen molar-refractivity contribution in [1.29, 1.82) is 10.5 Å². The minimum atomic E-state index is 0.484. The monoisotopic (exact) mass is 570 g/mol. The third kappa shape index (κ3) is 4.45. The lowest BCUT2D eigenvalue weighted by Gasteiger charge is -2.11. The highest BCUT2D eigenvalue weighted by atomic mass is 16.5. The number of benzene rings is 4. The molecule has 3 aromatic heterocycles. The molecular formula is C37H26N6O. The number of aromatic nitrogens is 4. The van der Waals surface area contributed by atoms with Crippen LogP contribution in [0.15, 0.2) is 104 Å². The van der Waals surface area contributed by atoms with Crippen LogP contribution < -0.4 is 4.74 Å². The van der Waals surface area contributed by atoms with Crippen LogP contribution in [-0.4, -0.2) is 19.3 Å². The van der Waals surface area contributed by atoms with Gasteiger partial charge in [-0.25, -0.2) is 9.67 Å². The number of ether oxygens (including phenoxy) is 1. The number of pyridine rings is 1. The van der Waals surface area contributed by atoms with E-state index in [2.05, 4.69) is 64.0 Å². The molecule has 0 aliphatic carbocycles. The smallest absolute Gasteiger partial charge is 0.137 e. The maximum atomic E-state index is 9.86. The van der Waals surface area contributed by atoms with Gasteiger partial charge in [-0.3, -0.25) is 4.57 Å². The number of para-hydroxylation sites is 1. The molecule has 0 aliphatic rings. The Bertz CT molecular complexity index is 2290. The standard InChI is InChI=1S/C37H26N6O/c1-23-13-14-40-36(15-23)43-34-10-5-4-9-30(34)31-12-11-29(18-35(31)43)44-28-8-6-7-27(17-28)42-22-26(21-41-42)37-32(19-38)24(2)16-25(3)33(37)20-39/h4-18,21-22H,1-3H3. The quantitative estimate of drug-likeness (QED) is 0.207. The molecule has 7 heteroatoms. The first-order chi connectivity index (χ1) is 21.4. The average molecular weight is 571 g/mol. The van der Waals surface area contributed by atoms with Crippen LogP contribution in [0.25, 0.3) is 44.4 Å². The molecule has 0 atom stereocenters. The average Bonchev–Trinajstić information content (AvgIpc) is 3.64. The van der Waals surface area contributed by atoms with E-state index in [0.29, 0.717) is 33.8 Å². The van der Waals surface area contributed by atoms with Crippen molar-refractivity contribution >= 4 is 21.8 Å². The fraction of sp³-hybridized carbons (Fsp3) is 0.0811. The molecule has 0 amide bonds. The topological polar surface area (TPSA) is 92.5 Å². The van der Waals surface area contributed by atoms with Crippen molar-refractivity contribution in [2.24, 2.45) is 0 Å². The van der Waals surface area contributed by atoms with Crippen LogP contribution in [0, 0.1) is 43.4 Å². The third-order valence-corrected chi connectivity index (χ3v) is 7.91. The molecule has 7 aromatic rings. The SMILES string of the molecule is Cc1ccnc(-n2c3ccccc3c3ccc(Oc4cccc(-n5cc(-c6c(C#N)c(C)cc(C)c6C#N)cn5)c4)cc32)c1. The summed E-state index contributed by atoms with van der Waals surface area (Å²) in [5.74, 6) is 2.20. The Balaban J connectivity index is 1.26. The second kappa shape index (κ2) is 10.6. The maximum Gasteiger partial charge on any atom is 0.137 e. The number of nitrogens with zero attached hydrogens (tertiary/aromatic N) is 6. The summed E-state index contributed by atoms with van der Waals surface area (Å²) in [6.45, 7) is 5.83. The molecule has 7 nitrogen and oxygen atoms in total. The molecule has 0 spiro atoms. The van der Waals surface area contributed by atoms with Gasteiger partial charge in [0, 0.05) is 46.4 Å². The van der Waals surface area contributed by atoms with Gasteiger partial charge in [-0.2, -0.15) is 15.6 Å². The van der Waals surface area contributed by atoms with Gasteiger partial charge >= 0.3 is 0 Å². The number of rotatable bonds is 5. The fourth-order valence-electron chi connectivity index (χ4n) is 5.89.